The maximum atomic E-state index is 12.9. The Kier molecular flexibility index (Phi) is 4.92. The highest BCUT2D eigenvalue weighted by atomic mass is 16.2. The van der Waals surface area contributed by atoms with Crippen LogP contribution in [0.1, 0.15) is 43.7 Å². The fourth-order valence-electron chi connectivity index (χ4n) is 5.30. The van der Waals surface area contributed by atoms with Crippen LogP contribution in [0.3, 0.4) is 0 Å². The highest BCUT2D eigenvalue weighted by Gasteiger charge is 2.52. The number of nitrogens with zero attached hydrogens (tertiary/aromatic N) is 2. The van der Waals surface area contributed by atoms with Crippen molar-refractivity contribution < 1.29 is 19.2 Å². The molecule has 1 aromatic carbocycles. The van der Waals surface area contributed by atoms with Gasteiger partial charge < -0.3 is 5.32 Å². The number of hydrogen-bond acceptors (Lipinski definition) is 4. The van der Waals surface area contributed by atoms with E-state index in [1.54, 1.807) is 0 Å². The molecule has 2 saturated carbocycles. The van der Waals surface area contributed by atoms with Gasteiger partial charge in [0.2, 0.25) is 5.91 Å². The third-order valence-electron chi connectivity index (χ3n) is 6.87. The third-order valence-corrected chi connectivity index (χ3v) is 6.87. The van der Waals surface area contributed by atoms with Crippen molar-refractivity contribution >= 4 is 29.4 Å². The van der Waals surface area contributed by atoms with Crippen LogP contribution in [0.2, 0.25) is 0 Å². The highest BCUT2D eigenvalue weighted by Crippen LogP contribution is 2.50. The summed E-state index contributed by atoms with van der Waals surface area (Å²) in [5, 5.41) is 2.74. The van der Waals surface area contributed by atoms with Crippen molar-refractivity contribution in [3.05, 3.63) is 29.3 Å². The van der Waals surface area contributed by atoms with Gasteiger partial charge in [0.1, 0.15) is 6.54 Å². The van der Waals surface area contributed by atoms with E-state index >= 15 is 0 Å². The van der Waals surface area contributed by atoms with Crippen molar-refractivity contribution in [3.8, 4) is 0 Å². The lowest BCUT2D eigenvalue weighted by Gasteiger charge is -2.32. The summed E-state index contributed by atoms with van der Waals surface area (Å²) >= 11 is 0. The summed E-state index contributed by atoms with van der Waals surface area (Å²) in [5.74, 6) is -0.783. The second kappa shape index (κ2) is 7.28. The molecule has 1 heterocycles. The van der Waals surface area contributed by atoms with Crippen molar-refractivity contribution in [2.24, 2.45) is 17.8 Å². The average molecular weight is 397 g/mol. The van der Waals surface area contributed by atoms with E-state index in [1.165, 1.54) is 6.42 Å². The number of rotatable bonds is 5. The zero-order chi connectivity index (χ0) is 20.9. The summed E-state index contributed by atoms with van der Waals surface area (Å²) in [4.78, 5) is 52.2. The van der Waals surface area contributed by atoms with Gasteiger partial charge in [-0.3, -0.25) is 19.3 Å². The van der Waals surface area contributed by atoms with E-state index in [1.807, 2.05) is 39.0 Å². The van der Waals surface area contributed by atoms with Crippen LogP contribution >= 0.6 is 0 Å². The molecular weight excluding hydrogens is 370 g/mol. The Hall–Kier alpha value is -2.70. The van der Waals surface area contributed by atoms with E-state index in [4.69, 9.17) is 0 Å². The number of anilines is 1. The monoisotopic (exact) mass is 397 g/mol. The summed E-state index contributed by atoms with van der Waals surface area (Å²) in [6.07, 6.45) is 4.51. The molecule has 7 nitrogen and oxygen atoms in total. The zero-order valence-electron chi connectivity index (χ0n) is 17.1. The Balaban J connectivity index is 1.45. The van der Waals surface area contributed by atoms with Crippen LogP contribution in [0.4, 0.5) is 10.5 Å². The second-order valence-electron chi connectivity index (χ2n) is 8.79. The normalized spacial score (nSPS) is 27.1. The molecule has 0 aromatic heterocycles. The van der Waals surface area contributed by atoms with Crippen molar-refractivity contribution in [2.45, 2.75) is 52.5 Å². The van der Waals surface area contributed by atoms with Crippen LogP contribution in [0.15, 0.2) is 18.2 Å². The molecule has 4 atom stereocenters. The van der Waals surface area contributed by atoms with Crippen molar-refractivity contribution in [1.29, 1.82) is 0 Å². The first kappa shape index (κ1) is 19.6. The molecule has 7 heteroatoms. The predicted octanol–water partition coefficient (Wildman–Crippen LogP) is 2.86. The van der Waals surface area contributed by atoms with Crippen LogP contribution in [0, 0.1) is 31.6 Å². The minimum absolute atomic E-state index is 0.248. The van der Waals surface area contributed by atoms with E-state index in [0.29, 0.717) is 17.5 Å². The number of aryl methyl sites for hydroxylation is 2. The molecular formula is C22H27N3O4. The van der Waals surface area contributed by atoms with Gasteiger partial charge in [-0.05, 0) is 75.0 Å². The Morgan fingerprint density at radius 3 is 2.55 bits per heavy atom. The van der Waals surface area contributed by atoms with Gasteiger partial charge in [0.25, 0.3) is 0 Å². The molecule has 1 aromatic rings. The number of fused-ring (bicyclic) bond motifs is 2. The Bertz CT molecular complexity index is 896. The molecule has 3 fully saturated rings. The lowest BCUT2D eigenvalue weighted by atomic mass is 9.83. The SMILES string of the molecule is Cc1ccc(C)c(NC(=O)CN2C(=O)C(=O)N([C@@H](C)[C@@H]3C[C@H]4CC[C@H]3C4)C2=O)c1. The first-order chi connectivity index (χ1) is 13.8. The number of urea groups is 1. The van der Waals surface area contributed by atoms with Gasteiger partial charge in [-0.1, -0.05) is 18.6 Å². The van der Waals surface area contributed by atoms with Crippen LogP contribution in [0.25, 0.3) is 0 Å². The topological polar surface area (TPSA) is 86.8 Å². The van der Waals surface area contributed by atoms with E-state index in [2.05, 4.69) is 5.32 Å². The van der Waals surface area contributed by atoms with Crippen LogP contribution in [-0.4, -0.2) is 46.1 Å². The molecule has 5 amide bonds. The number of carbonyl (C=O) groups excluding carboxylic acids is 4. The number of amides is 5. The quantitative estimate of drug-likeness (QED) is 0.611. The average Bonchev–Trinajstić information content (AvgIpc) is 3.36. The van der Waals surface area contributed by atoms with Gasteiger partial charge in [-0.2, -0.15) is 0 Å². The number of hydrogen-bond donors (Lipinski definition) is 1. The molecule has 1 N–H and O–H groups in total. The molecule has 3 aliphatic rings. The molecule has 2 bridgehead atoms. The van der Waals surface area contributed by atoms with Crippen molar-refractivity contribution in [1.82, 2.24) is 9.80 Å². The standard InChI is InChI=1S/C22H27N3O4/c1-12-4-5-13(2)18(8-12)23-19(26)11-24-20(27)21(28)25(22(24)29)14(3)17-10-15-6-7-16(17)9-15/h4-5,8,14-17H,6-7,9-11H2,1-3H3,(H,23,26)/t14-,15-,16-,17-/m0/s1. The molecule has 0 radical (unpaired) electrons. The summed E-state index contributed by atoms with van der Waals surface area (Å²) in [7, 11) is 0. The number of imide groups is 2. The molecule has 154 valence electrons. The molecule has 0 spiro atoms. The smallest absolute Gasteiger partial charge is 0.324 e. The molecule has 2 aliphatic carbocycles. The third kappa shape index (κ3) is 3.43. The predicted molar refractivity (Wildman–Crippen MR) is 107 cm³/mol. The number of benzene rings is 1. The Morgan fingerprint density at radius 2 is 1.90 bits per heavy atom. The fourth-order valence-corrected chi connectivity index (χ4v) is 5.30. The summed E-state index contributed by atoms with van der Waals surface area (Å²) in [5.41, 5.74) is 2.50. The van der Waals surface area contributed by atoms with Gasteiger partial charge in [0.15, 0.2) is 0 Å². The molecule has 1 saturated heterocycles. The minimum atomic E-state index is -0.916. The summed E-state index contributed by atoms with van der Waals surface area (Å²) < 4.78 is 0. The van der Waals surface area contributed by atoms with E-state index < -0.39 is 30.3 Å². The van der Waals surface area contributed by atoms with Gasteiger partial charge in [-0.15, -0.1) is 0 Å². The van der Waals surface area contributed by atoms with Crippen molar-refractivity contribution in [2.75, 3.05) is 11.9 Å². The molecule has 0 unspecified atom stereocenters. The highest BCUT2D eigenvalue weighted by molar-refractivity contribution is 6.45. The van der Waals surface area contributed by atoms with E-state index in [-0.39, 0.29) is 12.0 Å². The largest absolute Gasteiger partial charge is 0.334 e. The first-order valence-corrected chi connectivity index (χ1v) is 10.3. The lowest BCUT2D eigenvalue weighted by Crippen LogP contribution is -2.45. The summed E-state index contributed by atoms with van der Waals surface area (Å²) in [6.45, 7) is 5.17. The zero-order valence-corrected chi connectivity index (χ0v) is 17.1. The maximum Gasteiger partial charge on any atom is 0.334 e. The van der Waals surface area contributed by atoms with Crippen LogP contribution in [-0.2, 0) is 14.4 Å². The Labute approximate surface area is 170 Å². The van der Waals surface area contributed by atoms with Gasteiger partial charge >= 0.3 is 17.8 Å². The van der Waals surface area contributed by atoms with E-state index in [9.17, 15) is 19.2 Å². The second-order valence-corrected chi connectivity index (χ2v) is 8.79. The van der Waals surface area contributed by atoms with Gasteiger partial charge in [0.05, 0.1) is 0 Å². The number of carbonyl (C=O) groups is 4. The molecule has 29 heavy (non-hydrogen) atoms. The molecule has 4 rings (SSSR count). The minimum Gasteiger partial charge on any atom is -0.324 e. The van der Waals surface area contributed by atoms with Crippen LogP contribution in [0.5, 0.6) is 0 Å². The van der Waals surface area contributed by atoms with Crippen molar-refractivity contribution in [3.63, 3.8) is 0 Å². The number of nitrogens with one attached hydrogen (secondary N) is 1. The lowest BCUT2D eigenvalue weighted by molar-refractivity contribution is -0.144. The molecule has 1 aliphatic heterocycles. The Morgan fingerprint density at radius 1 is 1.14 bits per heavy atom. The summed E-state index contributed by atoms with van der Waals surface area (Å²) in [6, 6.07) is 4.66. The first-order valence-electron chi connectivity index (χ1n) is 10.3. The van der Waals surface area contributed by atoms with Gasteiger partial charge in [0, 0.05) is 11.7 Å². The fraction of sp³-hybridized carbons (Fsp3) is 0.545. The van der Waals surface area contributed by atoms with E-state index in [0.717, 1.165) is 40.2 Å². The van der Waals surface area contributed by atoms with Crippen LogP contribution < -0.4 is 5.32 Å². The van der Waals surface area contributed by atoms with Gasteiger partial charge in [-0.25, -0.2) is 9.69 Å². The maximum absolute atomic E-state index is 12.9.